The van der Waals surface area contributed by atoms with E-state index in [2.05, 4.69) is 15.0 Å². The van der Waals surface area contributed by atoms with Gasteiger partial charge < -0.3 is 9.67 Å². The van der Waals surface area contributed by atoms with E-state index < -0.39 is 17.2 Å². The van der Waals surface area contributed by atoms with Gasteiger partial charge in [0.1, 0.15) is 11.5 Å². The normalized spacial score (nSPS) is 11.2. The molecule has 0 unspecified atom stereocenters. The van der Waals surface area contributed by atoms with E-state index in [0.717, 1.165) is 10.3 Å². The summed E-state index contributed by atoms with van der Waals surface area (Å²) in [6.07, 6.45) is 3.08. The lowest BCUT2D eigenvalue weighted by molar-refractivity contribution is 0.0695. The molecular formula is C23H23N5O4. The Morgan fingerprint density at radius 2 is 1.84 bits per heavy atom. The van der Waals surface area contributed by atoms with Crippen LogP contribution in [0.25, 0.3) is 11.2 Å². The highest BCUT2D eigenvalue weighted by Gasteiger charge is 2.19. The van der Waals surface area contributed by atoms with Gasteiger partial charge in [-0.15, -0.1) is 0 Å². The largest absolute Gasteiger partial charge is 0.478 e. The summed E-state index contributed by atoms with van der Waals surface area (Å²) < 4.78 is 2.94. The van der Waals surface area contributed by atoms with Crippen molar-refractivity contribution in [3.8, 4) is 0 Å². The summed E-state index contributed by atoms with van der Waals surface area (Å²) in [5.74, 6) is -0.422. The number of aryl methyl sites for hydroxylation is 2. The molecule has 3 heterocycles. The molecule has 0 saturated carbocycles. The third-order valence-electron chi connectivity index (χ3n) is 5.33. The number of aromatic amines is 1. The predicted molar refractivity (Wildman–Crippen MR) is 119 cm³/mol. The summed E-state index contributed by atoms with van der Waals surface area (Å²) in [4.78, 5) is 48.8. The van der Waals surface area contributed by atoms with E-state index in [9.17, 15) is 19.5 Å². The fraction of sp³-hybridized carbons (Fsp3) is 0.261. The standard InChI is InChI=1S/C23H23N5O4/c1-2-12-28-21(29)19-20(26-23(28)32)27(18(25-19)14-16-8-5-6-11-24-16)13-10-15-7-3-4-9-17(15)22(30)31/h3-9,11H,2,10,12-14H2,1H3,(H,26,32)(H,30,31). The average molecular weight is 433 g/mol. The molecule has 32 heavy (non-hydrogen) atoms. The van der Waals surface area contributed by atoms with Crippen LogP contribution in [-0.2, 0) is 25.9 Å². The maximum absolute atomic E-state index is 12.9. The number of H-pyrrole nitrogens is 1. The molecule has 0 aliphatic rings. The predicted octanol–water partition coefficient (Wildman–Crippen LogP) is 2.22. The van der Waals surface area contributed by atoms with Crippen LogP contribution in [0.4, 0.5) is 0 Å². The molecule has 0 amide bonds. The highest BCUT2D eigenvalue weighted by molar-refractivity contribution is 5.89. The first-order valence-corrected chi connectivity index (χ1v) is 10.4. The second-order valence-corrected chi connectivity index (χ2v) is 7.47. The number of benzene rings is 1. The van der Waals surface area contributed by atoms with E-state index in [0.29, 0.717) is 49.4 Å². The molecule has 0 atom stereocenters. The maximum Gasteiger partial charge on any atom is 0.335 e. The molecule has 0 aliphatic carbocycles. The van der Waals surface area contributed by atoms with Crippen molar-refractivity contribution in [3.05, 3.63) is 92.1 Å². The third kappa shape index (κ3) is 4.09. The van der Waals surface area contributed by atoms with Crippen LogP contribution in [0.3, 0.4) is 0 Å². The molecule has 0 fully saturated rings. The molecule has 2 N–H and O–H groups in total. The van der Waals surface area contributed by atoms with Crippen LogP contribution in [-0.4, -0.2) is 35.2 Å². The molecule has 9 heteroatoms. The molecule has 0 saturated heterocycles. The number of nitrogens with one attached hydrogen (secondary N) is 1. The number of aromatic nitrogens is 5. The van der Waals surface area contributed by atoms with Crippen LogP contribution in [0.15, 0.2) is 58.3 Å². The Hall–Kier alpha value is -4.01. The third-order valence-corrected chi connectivity index (χ3v) is 5.33. The topological polar surface area (TPSA) is 123 Å². The minimum atomic E-state index is -0.999. The van der Waals surface area contributed by atoms with Crippen molar-refractivity contribution in [3.63, 3.8) is 0 Å². The van der Waals surface area contributed by atoms with Gasteiger partial charge in [0, 0.05) is 31.4 Å². The first-order chi connectivity index (χ1) is 15.5. The molecule has 4 rings (SSSR count). The van der Waals surface area contributed by atoms with Crippen LogP contribution < -0.4 is 11.2 Å². The number of imidazole rings is 1. The Labute approximate surface area is 183 Å². The highest BCUT2D eigenvalue weighted by atomic mass is 16.4. The second kappa shape index (κ2) is 9.01. The van der Waals surface area contributed by atoms with Gasteiger partial charge in [-0.05, 0) is 36.6 Å². The summed E-state index contributed by atoms with van der Waals surface area (Å²) in [5, 5.41) is 9.48. The van der Waals surface area contributed by atoms with E-state index in [1.54, 1.807) is 35.0 Å². The fourth-order valence-corrected chi connectivity index (χ4v) is 3.81. The van der Waals surface area contributed by atoms with Crippen LogP contribution in [0.2, 0.25) is 0 Å². The number of aromatic carboxylic acids is 1. The summed E-state index contributed by atoms with van der Waals surface area (Å²) in [6, 6.07) is 12.3. The zero-order chi connectivity index (χ0) is 22.7. The van der Waals surface area contributed by atoms with Gasteiger partial charge in [-0.1, -0.05) is 31.2 Å². The first kappa shape index (κ1) is 21.2. The quantitative estimate of drug-likeness (QED) is 0.439. The second-order valence-electron chi connectivity index (χ2n) is 7.47. The average Bonchev–Trinajstić information content (AvgIpc) is 3.13. The van der Waals surface area contributed by atoms with Crippen molar-refractivity contribution in [1.29, 1.82) is 0 Å². The number of pyridine rings is 1. The zero-order valence-electron chi connectivity index (χ0n) is 17.6. The molecular weight excluding hydrogens is 410 g/mol. The van der Waals surface area contributed by atoms with Gasteiger partial charge in [0.2, 0.25) is 0 Å². The van der Waals surface area contributed by atoms with Crippen molar-refractivity contribution in [2.24, 2.45) is 0 Å². The number of carboxylic acid groups (broad SMARTS) is 1. The summed E-state index contributed by atoms with van der Waals surface area (Å²) in [6.45, 7) is 2.54. The van der Waals surface area contributed by atoms with Crippen molar-refractivity contribution >= 4 is 17.1 Å². The van der Waals surface area contributed by atoms with Gasteiger partial charge >= 0.3 is 11.7 Å². The SMILES string of the molecule is CCCn1c(=O)[nH]c2c(nc(Cc3ccccn3)n2CCc2ccccc2C(=O)O)c1=O. The monoisotopic (exact) mass is 433 g/mol. The number of hydrogen-bond acceptors (Lipinski definition) is 5. The Bertz CT molecular complexity index is 1390. The van der Waals surface area contributed by atoms with Gasteiger partial charge in [-0.25, -0.2) is 14.6 Å². The minimum absolute atomic E-state index is 0.190. The molecule has 0 aliphatic heterocycles. The molecule has 0 spiro atoms. The summed E-state index contributed by atoms with van der Waals surface area (Å²) >= 11 is 0. The lowest BCUT2D eigenvalue weighted by Gasteiger charge is -2.11. The van der Waals surface area contributed by atoms with E-state index in [1.165, 1.54) is 0 Å². The Morgan fingerprint density at radius 1 is 1.06 bits per heavy atom. The lowest BCUT2D eigenvalue weighted by Crippen LogP contribution is -2.35. The summed E-state index contributed by atoms with van der Waals surface area (Å²) in [5.41, 5.74) is 1.26. The van der Waals surface area contributed by atoms with Gasteiger partial charge in [0.15, 0.2) is 5.52 Å². The number of hydrogen-bond donors (Lipinski definition) is 2. The minimum Gasteiger partial charge on any atom is -0.478 e. The lowest BCUT2D eigenvalue weighted by atomic mass is 10.0. The smallest absolute Gasteiger partial charge is 0.335 e. The van der Waals surface area contributed by atoms with Crippen LogP contribution in [0, 0.1) is 0 Å². The summed E-state index contributed by atoms with van der Waals surface area (Å²) in [7, 11) is 0. The van der Waals surface area contributed by atoms with Crippen molar-refractivity contribution in [2.45, 2.75) is 39.3 Å². The molecule has 164 valence electrons. The van der Waals surface area contributed by atoms with Crippen LogP contribution >= 0.6 is 0 Å². The van der Waals surface area contributed by atoms with Gasteiger partial charge in [-0.3, -0.25) is 19.3 Å². The maximum atomic E-state index is 12.9. The van der Waals surface area contributed by atoms with Crippen molar-refractivity contribution in [2.75, 3.05) is 0 Å². The van der Waals surface area contributed by atoms with Crippen molar-refractivity contribution in [1.82, 2.24) is 24.1 Å². The van der Waals surface area contributed by atoms with E-state index in [4.69, 9.17) is 0 Å². The number of carboxylic acids is 1. The van der Waals surface area contributed by atoms with E-state index >= 15 is 0 Å². The Kier molecular flexibility index (Phi) is 5.98. The number of fused-ring (bicyclic) bond motifs is 1. The fourth-order valence-electron chi connectivity index (χ4n) is 3.81. The van der Waals surface area contributed by atoms with E-state index in [1.807, 2.05) is 25.1 Å². The zero-order valence-corrected chi connectivity index (χ0v) is 17.6. The van der Waals surface area contributed by atoms with Crippen LogP contribution in [0.1, 0.15) is 40.8 Å². The molecule has 9 nitrogen and oxygen atoms in total. The molecule has 3 aromatic heterocycles. The van der Waals surface area contributed by atoms with E-state index in [-0.39, 0.29) is 11.1 Å². The van der Waals surface area contributed by atoms with Crippen molar-refractivity contribution < 1.29 is 9.90 Å². The number of carbonyl (C=O) groups is 1. The molecule has 0 bridgehead atoms. The Morgan fingerprint density at radius 3 is 2.56 bits per heavy atom. The number of nitrogens with zero attached hydrogens (tertiary/aromatic N) is 4. The first-order valence-electron chi connectivity index (χ1n) is 10.4. The number of rotatable bonds is 8. The van der Waals surface area contributed by atoms with Gasteiger partial charge in [0.25, 0.3) is 5.56 Å². The van der Waals surface area contributed by atoms with Gasteiger partial charge in [-0.2, -0.15) is 0 Å². The van der Waals surface area contributed by atoms with Crippen LogP contribution in [0.5, 0.6) is 0 Å². The molecule has 0 radical (unpaired) electrons. The highest BCUT2D eigenvalue weighted by Crippen LogP contribution is 2.16. The Balaban J connectivity index is 1.81. The van der Waals surface area contributed by atoms with Gasteiger partial charge in [0.05, 0.1) is 5.56 Å². The molecule has 1 aromatic carbocycles. The molecule has 4 aromatic rings.